The Morgan fingerprint density at radius 2 is 1.80 bits per heavy atom. The van der Waals surface area contributed by atoms with Crippen LogP contribution in [0.2, 0.25) is 0 Å². The highest BCUT2D eigenvalue weighted by Crippen LogP contribution is 2.35. The van der Waals surface area contributed by atoms with Crippen LogP contribution in [0, 0.1) is 5.92 Å². The van der Waals surface area contributed by atoms with Gasteiger partial charge in [-0.2, -0.15) is 0 Å². The second kappa shape index (κ2) is 5.93. The van der Waals surface area contributed by atoms with Crippen LogP contribution in [0.4, 0.5) is 0 Å². The number of nitrogens with zero attached hydrogens (tertiary/aromatic N) is 1. The summed E-state index contributed by atoms with van der Waals surface area (Å²) in [5, 5.41) is 10.5. The highest BCUT2D eigenvalue weighted by molar-refractivity contribution is 7.91. The summed E-state index contributed by atoms with van der Waals surface area (Å²) < 4.78 is 23.7. The number of aliphatic hydroxyl groups is 1. The molecule has 2 aliphatic carbocycles. The number of hydrogen-bond acceptors (Lipinski definition) is 4. The third-order valence-corrected chi connectivity index (χ3v) is 6.93. The van der Waals surface area contributed by atoms with Crippen LogP contribution in [0.5, 0.6) is 0 Å². The normalized spacial score (nSPS) is 39.4. The summed E-state index contributed by atoms with van der Waals surface area (Å²) in [4.78, 5) is 2.11. The van der Waals surface area contributed by atoms with Gasteiger partial charge in [-0.3, -0.25) is 4.90 Å². The summed E-state index contributed by atoms with van der Waals surface area (Å²) in [6.07, 6.45) is 7.85. The van der Waals surface area contributed by atoms with Gasteiger partial charge in [0.25, 0.3) is 0 Å². The van der Waals surface area contributed by atoms with E-state index in [1.54, 1.807) is 0 Å². The van der Waals surface area contributed by atoms with Crippen LogP contribution in [-0.2, 0) is 9.84 Å². The van der Waals surface area contributed by atoms with Crippen LogP contribution >= 0.6 is 0 Å². The molecule has 2 atom stereocenters. The molecule has 0 aromatic rings. The van der Waals surface area contributed by atoms with E-state index in [1.165, 1.54) is 6.26 Å². The molecule has 0 heterocycles. The van der Waals surface area contributed by atoms with E-state index in [4.69, 9.17) is 0 Å². The Balaban J connectivity index is 1.99. The molecule has 4 nitrogen and oxygen atoms in total. The molecular weight excluding hydrogens is 274 g/mol. The molecule has 0 unspecified atom stereocenters. The van der Waals surface area contributed by atoms with Crippen molar-refractivity contribution in [1.82, 2.24) is 4.90 Å². The lowest BCUT2D eigenvalue weighted by Crippen LogP contribution is -2.50. The van der Waals surface area contributed by atoms with E-state index in [1.807, 2.05) is 7.05 Å². The Bertz CT molecular complexity index is 426. The quantitative estimate of drug-likeness (QED) is 0.861. The summed E-state index contributed by atoms with van der Waals surface area (Å²) in [5.41, 5.74) is -0.619. The first-order valence-corrected chi connectivity index (χ1v) is 9.78. The molecule has 0 aromatic heterocycles. The number of hydrogen-bond donors (Lipinski definition) is 1. The first kappa shape index (κ1) is 16.2. The molecule has 2 aliphatic rings. The summed E-state index contributed by atoms with van der Waals surface area (Å²) in [6, 6.07) is 0.0772. The highest BCUT2D eigenvalue weighted by atomic mass is 32.2. The zero-order chi connectivity index (χ0) is 15.0. The van der Waals surface area contributed by atoms with E-state index in [2.05, 4.69) is 11.8 Å². The lowest BCUT2D eigenvalue weighted by atomic mass is 9.79. The summed E-state index contributed by atoms with van der Waals surface area (Å²) >= 11 is 0. The van der Waals surface area contributed by atoms with Gasteiger partial charge in [0.05, 0.1) is 10.9 Å². The molecule has 0 spiro atoms. The minimum absolute atomic E-state index is 0.0772. The molecule has 0 saturated heterocycles. The largest absolute Gasteiger partial charge is 0.389 e. The maximum atomic E-state index is 11.9. The zero-order valence-electron chi connectivity index (χ0n) is 13.0. The molecule has 118 valence electrons. The molecule has 0 aliphatic heterocycles. The zero-order valence-corrected chi connectivity index (χ0v) is 13.8. The van der Waals surface area contributed by atoms with Crippen molar-refractivity contribution in [2.24, 2.45) is 5.92 Å². The number of rotatable bonds is 4. The van der Waals surface area contributed by atoms with Crippen LogP contribution in [0.15, 0.2) is 0 Å². The smallest absolute Gasteiger partial charge is 0.151 e. The molecule has 1 N–H and O–H groups in total. The van der Waals surface area contributed by atoms with Crippen molar-refractivity contribution in [2.45, 2.75) is 68.8 Å². The van der Waals surface area contributed by atoms with Crippen molar-refractivity contribution < 1.29 is 13.5 Å². The lowest BCUT2D eigenvalue weighted by Gasteiger charge is -2.40. The Morgan fingerprint density at radius 1 is 1.20 bits per heavy atom. The third kappa shape index (κ3) is 3.74. The standard InChI is InChI=1S/C15H29NO3S/c1-12-7-9-15(17,10-8-12)11-16(2)13-5-4-6-14(13)20(3,18)19/h12-14,17H,4-11H2,1-3H3/t12?,13-,14+,15?/m0/s1. The fourth-order valence-electron chi connectivity index (χ4n) is 3.95. The van der Waals surface area contributed by atoms with Crippen molar-refractivity contribution in [2.75, 3.05) is 19.8 Å². The Hall–Kier alpha value is -0.130. The Labute approximate surface area is 123 Å². The van der Waals surface area contributed by atoms with Gasteiger partial charge < -0.3 is 5.11 Å². The van der Waals surface area contributed by atoms with Crippen molar-refractivity contribution in [3.63, 3.8) is 0 Å². The van der Waals surface area contributed by atoms with E-state index in [0.29, 0.717) is 12.5 Å². The second-order valence-corrected chi connectivity index (χ2v) is 9.45. The molecule has 5 heteroatoms. The predicted octanol–water partition coefficient (Wildman–Crippen LogP) is 1.83. The van der Waals surface area contributed by atoms with Gasteiger partial charge in [-0.25, -0.2) is 8.42 Å². The van der Waals surface area contributed by atoms with Crippen LogP contribution in [0.3, 0.4) is 0 Å². The first-order valence-electron chi connectivity index (χ1n) is 7.83. The van der Waals surface area contributed by atoms with Crippen LogP contribution in [0.25, 0.3) is 0 Å². The van der Waals surface area contributed by atoms with Gasteiger partial charge in [-0.05, 0) is 51.5 Å². The molecule has 2 fully saturated rings. The van der Waals surface area contributed by atoms with Gasteiger partial charge >= 0.3 is 0 Å². The van der Waals surface area contributed by atoms with Crippen LogP contribution < -0.4 is 0 Å². The van der Waals surface area contributed by atoms with Crippen LogP contribution in [-0.4, -0.2) is 55.2 Å². The Morgan fingerprint density at radius 3 is 2.35 bits per heavy atom. The fraction of sp³-hybridized carbons (Fsp3) is 1.00. The SMILES string of the molecule is CC1CCC(O)(CN(C)[C@H]2CCC[C@H]2S(C)(=O)=O)CC1. The van der Waals surface area contributed by atoms with E-state index < -0.39 is 15.4 Å². The van der Waals surface area contributed by atoms with Crippen molar-refractivity contribution in [1.29, 1.82) is 0 Å². The van der Waals surface area contributed by atoms with Gasteiger partial charge in [0.2, 0.25) is 0 Å². The summed E-state index contributed by atoms with van der Waals surface area (Å²) in [6.45, 7) is 2.84. The third-order valence-electron chi connectivity index (χ3n) is 5.28. The van der Waals surface area contributed by atoms with Gasteiger partial charge in [0, 0.05) is 18.8 Å². The van der Waals surface area contributed by atoms with E-state index >= 15 is 0 Å². The summed E-state index contributed by atoms with van der Waals surface area (Å²) in [5.74, 6) is 0.704. The van der Waals surface area contributed by atoms with E-state index in [0.717, 1.165) is 44.9 Å². The summed E-state index contributed by atoms with van der Waals surface area (Å²) in [7, 11) is -1.01. The molecule has 0 radical (unpaired) electrons. The number of likely N-dealkylation sites (N-methyl/N-ethyl adjacent to an activating group) is 1. The molecule has 20 heavy (non-hydrogen) atoms. The lowest BCUT2D eigenvalue weighted by molar-refractivity contribution is -0.0370. The molecular formula is C15H29NO3S. The minimum atomic E-state index is -2.99. The maximum Gasteiger partial charge on any atom is 0.151 e. The molecule has 0 amide bonds. The minimum Gasteiger partial charge on any atom is -0.389 e. The maximum absolute atomic E-state index is 11.9. The topological polar surface area (TPSA) is 57.6 Å². The van der Waals surface area contributed by atoms with Gasteiger partial charge in [-0.15, -0.1) is 0 Å². The van der Waals surface area contributed by atoms with E-state index in [-0.39, 0.29) is 11.3 Å². The average molecular weight is 303 g/mol. The van der Waals surface area contributed by atoms with E-state index in [9.17, 15) is 13.5 Å². The van der Waals surface area contributed by atoms with Gasteiger partial charge in [0.1, 0.15) is 0 Å². The highest BCUT2D eigenvalue weighted by Gasteiger charge is 2.40. The monoisotopic (exact) mass is 303 g/mol. The van der Waals surface area contributed by atoms with Crippen molar-refractivity contribution >= 4 is 9.84 Å². The van der Waals surface area contributed by atoms with Crippen molar-refractivity contribution in [3.05, 3.63) is 0 Å². The van der Waals surface area contributed by atoms with Gasteiger partial charge in [0.15, 0.2) is 9.84 Å². The Kier molecular flexibility index (Phi) is 4.82. The average Bonchev–Trinajstić information content (AvgIpc) is 2.82. The van der Waals surface area contributed by atoms with Crippen LogP contribution in [0.1, 0.15) is 51.9 Å². The predicted molar refractivity (Wildman–Crippen MR) is 81.5 cm³/mol. The number of sulfone groups is 1. The van der Waals surface area contributed by atoms with Gasteiger partial charge in [-0.1, -0.05) is 13.3 Å². The molecule has 0 bridgehead atoms. The molecule has 0 aromatic carbocycles. The van der Waals surface area contributed by atoms with Crippen molar-refractivity contribution in [3.8, 4) is 0 Å². The first-order chi connectivity index (χ1) is 9.21. The molecule has 2 rings (SSSR count). The molecule has 2 saturated carbocycles. The fourth-order valence-corrected chi connectivity index (χ4v) is 5.46. The second-order valence-electron chi connectivity index (χ2n) is 7.19.